The number of carbonyl (C=O) groups excluding carboxylic acids is 1. The molecular weight excluding hydrogens is 256 g/mol. The van der Waals surface area contributed by atoms with E-state index < -0.39 is 15.7 Å². The van der Waals surface area contributed by atoms with Gasteiger partial charge in [0.25, 0.3) is 0 Å². The number of hydrogen-bond donors (Lipinski definition) is 1. The summed E-state index contributed by atoms with van der Waals surface area (Å²) in [7, 11) is -3.69. The van der Waals surface area contributed by atoms with Gasteiger partial charge in [0.1, 0.15) is 11.5 Å². The number of primary amides is 1. The molecule has 1 amide bonds. The molecule has 2 aromatic rings. The van der Waals surface area contributed by atoms with Crippen molar-refractivity contribution < 1.29 is 17.6 Å². The number of carbonyl (C=O) groups is 1. The molecular formula is C11H10N2O4S. The Hall–Kier alpha value is -2.15. The zero-order chi connectivity index (χ0) is 13.2. The van der Waals surface area contributed by atoms with Crippen molar-refractivity contribution in [2.75, 3.05) is 0 Å². The van der Waals surface area contributed by atoms with Gasteiger partial charge in [0, 0.05) is 0 Å². The zero-order valence-corrected chi connectivity index (χ0v) is 10.1. The van der Waals surface area contributed by atoms with Gasteiger partial charge in [-0.3, -0.25) is 4.79 Å². The number of sulfone groups is 1. The molecule has 0 atom stereocenters. The first-order valence-corrected chi connectivity index (χ1v) is 6.65. The van der Waals surface area contributed by atoms with Gasteiger partial charge in [-0.05, 0) is 12.1 Å². The van der Waals surface area contributed by atoms with Crippen LogP contribution in [0.15, 0.2) is 46.2 Å². The van der Waals surface area contributed by atoms with E-state index in [1.165, 1.54) is 24.4 Å². The van der Waals surface area contributed by atoms with Crippen molar-refractivity contribution in [2.45, 2.75) is 10.6 Å². The molecule has 6 nitrogen and oxygen atoms in total. The fourth-order valence-corrected chi connectivity index (χ4v) is 2.98. The van der Waals surface area contributed by atoms with E-state index in [0.29, 0.717) is 0 Å². The van der Waals surface area contributed by atoms with Crippen LogP contribution in [0.3, 0.4) is 0 Å². The van der Waals surface area contributed by atoms with E-state index in [1.807, 2.05) is 0 Å². The number of aromatic nitrogens is 1. The van der Waals surface area contributed by atoms with Crippen molar-refractivity contribution in [3.8, 4) is 0 Å². The molecule has 2 rings (SSSR count). The topological polar surface area (TPSA) is 103 Å². The molecule has 0 saturated heterocycles. The minimum atomic E-state index is -3.69. The normalized spacial score (nSPS) is 11.3. The van der Waals surface area contributed by atoms with Gasteiger partial charge in [-0.25, -0.2) is 13.4 Å². The van der Waals surface area contributed by atoms with Crippen molar-refractivity contribution in [3.63, 3.8) is 0 Å². The third-order valence-corrected chi connectivity index (χ3v) is 3.99. The number of benzene rings is 1. The third kappa shape index (κ3) is 2.40. The van der Waals surface area contributed by atoms with Crippen molar-refractivity contribution in [1.29, 1.82) is 0 Å². The maximum atomic E-state index is 12.1. The predicted octanol–water partition coefficient (Wildman–Crippen LogP) is 0.747. The summed E-state index contributed by atoms with van der Waals surface area (Å²) in [6.45, 7) is 0. The lowest BCUT2D eigenvalue weighted by Crippen LogP contribution is -2.17. The first-order chi connectivity index (χ1) is 8.50. The lowest BCUT2D eigenvalue weighted by atomic mass is 10.2. The number of oxazole rings is 1. The van der Waals surface area contributed by atoms with E-state index in [1.54, 1.807) is 6.07 Å². The summed E-state index contributed by atoms with van der Waals surface area (Å²) >= 11 is 0. The van der Waals surface area contributed by atoms with Crippen molar-refractivity contribution in [2.24, 2.45) is 5.73 Å². The Kier molecular flexibility index (Phi) is 3.15. The largest absolute Gasteiger partial charge is 0.447 e. The van der Waals surface area contributed by atoms with E-state index in [-0.39, 0.29) is 22.0 Å². The highest BCUT2D eigenvalue weighted by Crippen LogP contribution is 2.20. The van der Waals surface area contributed by atoms with Crippen LogP contribution in [-0.2, 0) is 15.6 Å². The second kappa shape index (κ2) is 4.61. The number of amides is 1. The Balaban J connectivity index is 2.45. The molecule has 0 spiro atoms. The molecule has 0 radical (unpaired) electrons. The first-order valence-electron chi connectivity index (χ1n) is 4.99. The molecule has 0 bridgehead atoms. The van der Waals surface area contributed by atoms with E-state index in [2.05, 4.69) is 4.98 Å². The van der Waals surface area contributed by atoms with Crippen molar-refractivity contribution >= 4 is 15.7 Å². The fraction of sp³-hybridized carbons (Fsp3) is 0.0909. The van der Waals surface area contributed by atoms with Crippen LogP contribution in [0.1, 0.15) is 16.1 Å². The summed E-state index contributed by atoms with van der Waals surface area (Å²) in [6, 6.07) is 5.79. The lowest BCUT2D eigenvalue weighted by Gasteiger charge is -2.06. The highest BCUT2D eigenvalue weighted by molar-refractivity contribution is 7.90. The summed E-state index contributed by atoms with van der Waals surface area (Å²) in [6.07, 6.45) is 2.45. The molecule has 7 heteroatoms. The molecule has 1 aromatic heterocycles. The summed E-state index contributed by atoms with van der Waals surface area (Å²) in [5, 5.41) is 0. The van der Waals surface area contributed by atoms with Crippen LogP contribution in [-0.4, -0.2) is 19.3 Å². The number of hydrogen-bond acceptors (Lipinski definition) is 5. The van der Waals surface area contributed by atoms with Gasteiger partial charge >= 0.3 is 0 Å². The Morgan fingerprint density at radius 1 is 1.33 bits per heavy atom. The maximum absolute atomic E-state index is 12.1. The van der Waals surface area contributed by atoms with Gasteiger partial charge in [0.2, 0.25) is 5.91 Å². The van der Waals surface area contributed by atoms with Crippen LogP contribution in [0.4, 0.5) is 0 Å². The zero-order valence-electron chi connectivity index (χ0n) is 9.24. The summed E-state index contributed by atoms with van der Waals surface area (Å²) in [5.41, 5.74) is 5.11. The van der Waals surface area contributed by atoms with E-state index in [4.69, 9.17) is 10.2 Å². The molecule has 0 aliphatic heterocycles. The van der Waals surface area contributed by atoms with Crippen LogP contribution in [0.5, 0.6) is 0 Å². The van der Waals surface area contributed by atoms with Crippen molar-refractivity contribution in [1.82, 2.24) is 4.98 Å². The quantitative estimate of drug-likeness (QED) is 0.879. The fourth-order valence-electron chi connectivity index (χ4n) is 1.52. The van der Waals surface area contributed by atoms with Crippen molar-refractivity contribution in [3.05, 3.63) is 48.2 Å². The minimum absolute atomic E-state index is 0.0305. The average molecular weight is 266 g/mol. The second-order valence-electron chi connectivity index (χ2n) is 3.59. The van der Waals surface area contributed by atoms with Gasteiger partial charge in [-0.1, -0.05) is 12.1 Å². The number of nitrogens with zero attached hydrogens (tertiary/aromatic N) is 1. The third-order valence-electron chi connectivity index (χ3n) is 2.30. The van der Waals surface area contributed by atoms with Gasteiger partial charge < -0.3 is 10.2 Å². The molecule has 1 aromatic carbocycles. The molecule has 0 unspecified atom stereocenters. The van der Waals surface area contributed by atoms with Crippen LogP contribution >= 0.6 is 0 Å². The van der Waals surface area contributed by atoms with Gasteiger partial charge in [0.05, 0.1) is 16.7 Å². The maximum Gasteiger partial charge on any atom is 0.250 e. The van der Waals surface area contributed by atoms with Crippen LogP contribution in [0, 0.1) is 0 Å². The molecule has 18 heavy (non-hydrogen) atoms. The molecule has 0 aliphatic rings. The SMILES string of the molecule is NC(=O)c1ccccc1S(=O)(=O)Cc1cnco1. The standard InChI is InChI=1S/C11H10N2O4S/c12-11(14)9-3-1-2-4-10(9)18(15,16)6-8-5-13-7-17-8/h1-5,7H,6H2,(H2,12,14). The average Bonchev–Trinajstić information content (AvgIpc) is 2.81. The van der Waals surface area contributed by atoms with Gasteiger partial charge in [-0.2, -0.15) is 0 Å². The molecule has 94 valence electrons. The second-order valence-corrected chi connectivity index (χ2v) is 5.55. The van der Waals surface area contributed by atoms with Crippen LogP contribution < -0.4 is 5.73 Å². The smallest absolute Gasteiger partial charge is 0.250 e. The predicted molar refractivity (Wildman–Crippen MR) is 62.4 cm³/mol. The Morgan fingerprint density at radius 3 is 2.67 bits per heavy atom. The molecule has 0 aliphatic carbocycles. The number of rotatable bonds is 4. The Morgan fingerprint density at radius 2 is 2.06 bits per heavy atom. The molecule has 0 saturated carbocycles. The lowest BCUT2D eigenvalue weighted by molar-refractivity contribution is 0.0997. The minimum Gasteiger partial charge on any atom is -0.447 e. The molecule has 0 fully saturated rings. The summed E-state index contributed by atoms with van der Waals surface area (Å²) in [5.74, 6) is -0.946. The monoisotopic (exact) mass is 266 g/mol. The van der Waals surface area contributed by atoms with E-state index >= 15 is 0 Å². The van der Waals surface area contributed by atoms with Crippen LogP contribution in [0.2, 0.25) is 0 Å². The highest BCUT2D eigenvalue weighted by Gasteiger charge is 2.22. The van der Waals surface area contributed by atoms with Crippen LogP contribution in [0.25, 0.3) is 0 Å². The first kappa shape index (κ1) is 12.3. The Bertz CT molecular complexity index is 662. The highest BCUT2D eigenvalue weighted by atomic mass is 32.2. The number of nitrogens with two attached hydrogens (primary N) is 1. The van der Waals surface area contributed by atoms with E-state index in [0.717, 1.165) is 6.39 Å². The Labute approximate surface area is 103 Å². The summed E-state index contributed by atoms with van der Waals surface area (Å²) in [4.78, 5) is 14.7. The van der Waals surface area contributed by atoms with E-state index in [9.17, 15) is 13.2 Å². The van der Waals surface area contributed by atoms with Gasteiger partial charge in [0.15, 0.2) is 16.2 Å². The molecule has 2 N–H and O–H groups in total. The molecule has 1 heterocycles. The van der Waals surface area contributed by atoms with Gasteiger partial charge in [-0.15, -0.1) is 0 Å². The summed E-state index contributed by atoms with van der Waals surface area (Å²) < 4.78 is 29.1.